The monoisotopic (exact) mass is 422 g/mol. The van der Waals surface area contributed by atoms with E-state index in [0.29, 0.717) is 30.6 Å². The molecule has 1 saturated carbocycles. The molecule has 2 aromatic heterocycles. The van der Waals surface area contributed by atoms with Crippen molar-refractivity contribution >= 4 is 10.0 Å². The van der Waals surface area contributed by atoms with Crippen LogP contribution in [0.2, 0.25) is 0 Å². The first-order chi connectivity index (χ1) is 13.8. The molecule has 4 rings (SSSR count). The van der Waals surface area contributed by atoms with Crippen molar-refractivity contribution in [2.75, 3.05) is 25.9 Å². The second kappa shape index (κ2) is 8.16. The van der Waals surface area contributed by atoms with E-state index in [9.17, 15) is 8.42 Å². The molecule has 9 nitrogen and oxygen atoms in total. The van der Waals surface area contributed by atoms with Gasteiger partial charge in [0.15, 0.2) is 5.82 Å². The van der Waals surface area contributed by atoms with Crippen LogP contribution in [0.15, 0.2) is 10.7 Å². The second-order valence-corrected chi connectivity index (χ2v) is 10.2. The Morgan fingerprint density at radius 2 is 2.07 bits per heavy atom. The number of nitrogens with zero attached hydrogens (tertiary/aromatic N) is 6. The molecule has 2 fully saturated rings. The lowest BCUT2D eigenvalue weighted by Crippen LogP contribution is -2.60. The topological polar surface area (TPSA) is 97.4 Å². The number of hydrogen-bond acceptors (Lipinski definition) is 7. The van der Waals surface area contributed by atoms with Gasteiger partial charge in [-0.25, -0.2) is 8.42 Å². The van der Waals surface area contributed by atoms with Gasteiger partial charge in [-0.15, -0.1) is 0 Å². The minimum Gasteiger partial charge on any atom is -0.339 e. The molecule has 1 aliphatic carbocycles. The van der Waals surface area contributed by atoms with E-state index in [1.165, 1.54) is 18.2 Å². The van der Waals surface area contributed by atoms with Crippen molar-refractivity contribution in [3.63, 3.8) is 0 Å². The van der Waals surface area contributed by atoms with E-state index >= 15 is 0 Å². The van der Waals surface area contributed by atoms with Crippen LogP contribution < -0.4 is 0 Å². The lowest BCUT2D eigenvalue weighted by molar-refractivity contribution is 0.0729. The summed E-state index contributed by atoms with van der Waals surface area (Å²) in [5.41, 5.74) is 2.24. The molecule has 0 amide bonds. The minimum absolute atomic E-state index is 0.00969. The van der Waals surface area contributed by atoms with Crippen LogP contribution in [0.25, 0.3) is 0 Å². The number of sulfonamides is 1. The Bertz CT molecular complexity index is 943. The van der Waals surface area contributed by atoms with Gasteiger partial charge in [-0.1, -0.05) is 11.6 Å². The normalized spacial score (nSPS) is 18.9. The highest BCUT2D eigenvalue weighted by atomic mass is 32.2. The molecule has 0 spiro atoms. The molecule has 160 valence electrons. The fourth-order valence-corrected chi connectivity index (χ4v) is 5.09. The zero-order chi connectivity index (χ0) is 20.6. The van der Waals surface area contributed by atoms with Crippen molar-refractivity contribution in [1.29, 1.82) is 0 Å². The molecule has 10 heteroatoms. The highest BCUT2D eigenvalue weighted by Crippen LogP contribution is 2.35. The molecule has 0 bridgehead atoms. The standard InChI is InChI=1S/C19H30N6O3S/c1-4-24-11-16(14(2)21-24)10-23-12-17(13-23)25(29(3,26)27)9-8-18-20-19(28-22-18)15-6-5-7-15/h11,15,17H,4-10,12-13H2,1-3H3. The smallest absolute Gasteiger partial charge is 0.229 e. The van der Waals surface area contributed by atoms with Gasteiger partial charge in [0.2, 0.25) is 15.9 Å². The van der Waals surface area contributed by atoms with Gasteiger partial charge in [0, 0.05) is 56.8 Å². The largest absolute Gasteiger partial charge is 0.339 e. The maximum absolute atomic E-state index is 12.3. The molecule has 0 unspecified atom stereocenters. The van der Waals surface area contributed by atoms with Crippen molar-refractivity contribution < 1.29 is 12.9 Å². The first kappa shape index (κ1) is 20.5. The summed E-state index contributed by atoms with van der Waals surface area (Å²) in [6, 6.07) is -0.00969. The van der Waals surface area contributed by atoms with E-state index in [1.807, 2.05) is 11.6 Å². The van der Waals surface area contributed by atoms with Gasteiger partial charge >= 0.3 is 0 Å². The van der Waals surface area contributed by atoms with Crippen molar-refractivity contribution in [2.24, 2.45) is 0 Å². The summed E-state index contributed by atoms with van der Waals surface area (Å²) in [7, 11) is -3.30. The van der Waals surface area contributed by atoms with Gasteiger partial charge in [-0.3, -0.25) is 9.58 Å². The van der Waals surface area contributed by atoms with Gasteiger partial charge in [0.25, 0.3) is 0 Å². The molecule has 29 heavy (non-hydrogen) atoms. The number of hydrogen-bond donors (Lipinski definition) is 0. The molecule has 0 radical (unpaired) electrons. The van der Waals surface area contributed by atoms with Crippen molar-refractivity contribution in [3.05, 3.63) is 29.2 Å². The van der Waals surface area contributed by atoms with Crippen LogP contribution >= 0.6 is 0 Å². The van der Waals surface area contributed by atoms with E-state index < -0.39 is 10.0 Å². The van der Waals surface area contributed by atoms with Crippen LogP contribution in [0.5, 0.6) is 0 Å². The van der Waals surface area contributed by atoms with Crippen LogP contribution in [0.1, 0.15) is 55.1 Å². The SMILES string of the molecule is CCn1cc(CN2CC(N(CCc3noc(C4CCC4)n3)S(C)(=O)=O)C2)c(C)n1. The van der Waals surface area contributed by atoms with E-state index in [4.69, 9.17) is 4.52 Å². The highest BCUT2D eigenvalue weighted by molar-refractivity contribution is 7.88. The fraction of sp³-hybridized carbons (Fsp3) is 0.737. The Kier molecular flexibility index (Phi) is 5.76. The molecule has 2 aromatic rings. The molecule has 0 atom stereocenters. The molecule has 0 N–H and O–H groups in total. The van der Waals surface area contributed by atoms with Crippen LogP contribution in [0.4, 0.5) is 0 Å². The van der Waals surface area contributed by atoms with Gasteiger partial charge < -0.3 is 4.52 Å². The molecule has 0 aromatic carbocycles. The van der Waals surface area contributed by atoms with Crippen molar-refractivity contribution in [3.8, 4) is 0 Å². The van der Waals surface area contributed by atoms with Crippen LogP contribution in [-0.4, -0.2) is 69.5 Å². The summed E-state index contributed by atoms with van der Waals surface area (Å²) in [5.74, 6) is 1.69. The van der Waals surface area contributed by atoms with Gasteiger partial charge in [-0.05, 0) is 26.7 Å². The van der Waals surface area contributed by atoms with E-state index in [0.717, 1.165) is 44.7 Å². The maximum atomic E-state index is 12.3. The fourth-order valence-electron chi connectivity index (χ4n) is 3.99. The Morgan fingerprint density at radius 1 is 1.31 bits per heavy atom. The van der Waals surface area contributed by atoms with Gasteiger partial charge in [-0.2, -0.15) is 14.4 Å². The van der Waals surface area contributed by atoms with Gasteiger partial charge in [0.05, 0.1) is 18.0 Å². The predicted octanol–water partition coefficient (Wildman–Crippen LogP) is 1.55. The number of aromatic nitrogens is 4. The number of likely N-dealkylation sites (tertiary alicyclic amines) is 1. The third kappa shape index (κ3) is 4.54. The summed E-state index contributed by atoms with van der Waals surface area (Å²) in [5, 5.41) is 8.52. The average Bonchev–Trinajstić information content (AvgIpc) is 3.16. The number of aryl methyl sites for hydroxylation is 2. The summed E-state index contributed by atoms with van der Waals surface area (Å²) in [4.78, 5) is 6.72. The minimum atomic E-state index is -3.30. The second-order valence-electron chi connectivity index (χ2n) is 8.24. The van der Waals surface area contributed by atoms with E-state index in [-0.39, 0.29) is 6.04 Å². The van der Waals surface area contributed by atoms with Crippen molar-refractivity contribution in [1.82, 2.24) is 29.1 Å². The van der Waals surface area contributed by atoms with Crippen LogP contribution in [0, 0.1) is 6.92 Å². The Balaban J connectivity index is 1.32. The molecule has 3 heterocycles. The highest BCUT2D eigenvalue weighted by Gasteiger charge is 2.36. The lowest BCUT2D eigenvalue weighted by atomic mass is 9.85. The Hall–Kier alpha value is -1.78. The van der Waals surface area contributed by atoms with Crippen LogP contribution in [0.3, 0.4) is 0 Å². The third-order valence-corrected chi connectivity index (χ3v) is 7.36. The lowest BCUT2D eigenvalue weighted by Gasteiger charge is -2.44. The maximum Gasteiger partial charge on any atom is 0.229 e. The van der Waals surface area contributed by atoms with Gasteiger partial charge in [0.1, 0.15) is 0 Å². The van der Waals surface area contributed by atoms with Crippen molar-refractivity contribution in [2.45, 2.75) is 64.6 Å². The van der Waals surface area contributed by atoms with E-state index in [2.05, 4.69) is 33.3 Å². The summed E-state index contributed by atoms with van der Waals surface area (Å²) in [6.45, 7) is 7.57. The molecule has 1 aliphatic heterocycles. The van der Waals surface area contributed by atoms with E-state index in [1.54, 1.807) is 4.31 Å². The average molecular weight is 423 g/mol. The molecular formula is C19H30N6O3S. The summed E-state index contributed by atoms with van der Waals surface area (Å²) in [6.07, 6.45) is 7.24. The summed E-state index contributed by atoms with van der Waals surface area (Å²) >= 11 is 0. The summed E-state index contributed by atoms with van der Waals surface area (Å²) < 4.78 is 33.6. The predicted molar refractivity (Wildman–Crippen MR) is 108 cm³/mol. The third-order valence-electron chi connectivity index (χ3n) is 6.03. The van der Waals surface area contributed by atoms with Crippen LogP contribution in [-0.2, 0) is 29.5 Å². The quantitative estimate of drug-likeness (QED) is 0.605. The molecule has 2 aliphatic rings. The number of rotatable bonds is 9. The first-order valence-corrected chi connectivity index (χ1v) is 12.2. The first-order valence-electron chi connectivity index (χ1n) is 10.4. The molecular weight excluding hydrogens is 392 g/mol. The zero-order valence-electron chi connectivity index (χ0n) is 17.4. The molecule has 1 saturated heterocycles. The Morgan fingerprint density at radius 3 is 2.66 bits per heavy atom. The zero-order valence-corrected chi connectivity index (χ0v) is 18.2. The Labute approximate surface area is 172 Å².